The van der Waals surface area contributed by atoms with E-state index in [-0.39, 0.29) is 12.2 Å². The molecular formula is C18H28O3. The van der Waals surface area contributed by atoms with E-state index in [1.54, 1.807) is 0 Å². The Morgan fingerprint density at radius 3 is 2.43 bits per heavy atom. The Balaban J connectivity index is 1.91. The molecule has 1 aliphatic heterocycles. The maximum atomic E-state index is 6.06. The van der Waals surface area contributed by atoms with E-state index in [4.69, 9.17) is 14.2 Å². The number of benzene rings is 1. The second kappa shape index (κ2) is 6.91. The third kappa shape index (κ3) is 4.53. The van der Waals surface area contributed by atoms with Gasteiger partial charge in [0.2, 0.25) is 0 Å². The smallest absolute Gasteiger partial charge is 0.163 e. The van der Waals surface area contributed by atoms with Gasteiger partial charge in [-0.2, -0.15) is 0 Å². The summed E-state index contributed by atoms with van der Waals surface area (Å²) in [5, 5.41) is 0. The van der Waals surface area contributed by atoms with Crippen molar-refractivity contribution in [2.75, 3.05) is 6.61 Å². The summed E-state index contributed by atoms with van der Waals surface area (Å²) in [5.41, 5.74) is 1.19. The van der Waals surface area contributed by atoms with Crippen LogP contribution >= 0.6 is 0 Å². The molecule has 1 aromatic rings. The second-order valence-electron chi connectivity index (χ2n) is 6.74. The summed E-state index contributed by atoms with van der Waals surface area (Å²) in [6.45, 7) is 11.8. The lowest BCUT2D eigenvalue weighted by Gasteiger charge is -2.46. The van der Waals surface area contributed by atoms with E-state index in [0.717, 1.165) is 0 Å². The van der Waals surface area contributed by atoms with Crippen LogP contribution < -0.4 is 0 Å². The van der Waals surface area contributed by atoms with Crippen LogP contribution in [0.5, 0.6) is 0 Å². The topological polar surface area (TPSA) is 27.7 Å². The summed E-state index contributed by atoms with van der Waals surface area (Å²) in [7, 11) is 0. The molecule has 118 valence electrons. The van der Waals surface area contributed by atoms with Crippen molar-refractivity contribution in [1.29, 1.82) is 0 Å². The highest BCUT2D eigenvalue weighted by Crippen LogP contribution is 2.34. The first-order valence-electron chi connectivity index (χ1n) is 7.86. The fraction of sp³-hybridized carbons (Fsp3) is 0.667. The lowest BCUT2D eigenvalue weighted by molar-refractivity contribution is -0.331. The highest BCUT2D eigenvalue weighted by molar-refractivity contribution is 5.13. The van der Waals surface area contributed by atoms with Crippen molar-refractivity contribution in [3.63, 3.8) is 0 Å². The maximum Gasteiger partial charge on any atom is 0.163 e. The Kier molecular flexibility index (Phi) is 5.42. The third-order valence-electron chi connectivity index (χ3n) is 4.01. The van der Waals surface area contributed by atoms with Crippen LogP contribution in [0.15, 0.2) is 30.3 Å². The summed E-state index contributed by atoms with van der Waals surface area (Å²) in [5.74, 6) is 0.260. The van der Waals surface area contributed by atoms with Gasteiger partial charge in [-0.15, -0.1) is 0 Å². The van der Waals surface area contributed by atoms with Gasteiger partial charge in [-0.1, -0.05) is 51.1 Å². The highest BCUT2D eigenvalue weighted by atomic mass is 16.7. The molecule has 0 saturated carbocycles. The minimum absolute atomic E-state index is 0.0739. The third-order valence-corrected chi connectivity index (χ3v) is 4.01. The first kappa shape index (κ1) is 16.5. The zero-order chi connectivity index (χ0) is 15.5. The van der Waals surface area contributed by atoms with Gasteiger partial charge >= 0.3 is 0 Å². The molecule has 0 amide bonds. The molecule has 0 N–H and O–H groups in total. The van der Waals surface area contributed by atoms with Gasteiger partial charge in [0.25, 0.3) is 0 Å². The van der Waals surface area contributed by atoms with Crippen molar-refractivity contribution >= 4 is 0 Å². The fourth-order valence-electron chi connectivity index (χ4n) is 2.94. The first-order valence-corrected chi connectivity index (χ1v) is 7.86. The average molecular weight is 292 g/mol. The van der Waals surface area contributed by atoms with Crippen LogP contribution in [-0.2, 0) is 20.8 Å². The van der Waals surface area contributed by atoms with Crippen LogP contribution in [0, 0.1) is 11.8 Å². The molecule has 1 aromatic carbocycles. The van der Waals surface area contributed by atoms with Crippen LogP contribution in [0.2, 0.25) is 0 Å². The minimum atomic E-state index is -0.539. The zero-order valence-electron chi connectivity index (χ0n) is 13.8. The number of hydrogen-bond donors (Lipinski definition) is 0. The van der Waals surface area contributed by atoms with E-state index >= 15 is 0 Å². The quantitative estimate of drug-likeness (QED) is 0.820. The molecule has 0 radical (unpaired) electrons. The Bertz CT molecular complexity index is 427. The van der Waals surface area contributed by atoms with E-state index in [9.17, 15) is 0 Å². The summed E-state index contributed by atoms with van der Waals surface area (Å²) in [6, 6.07) is 10.2. The van der Waals surface area contributed by atoms with Gasteiger partial charge in [0.15, 0.2) is 5.79 Å². The lowest BCUT2D eigenvalue weighted by Crippen LogP contribution is -2.53. The maximum absolute atomic E-state index is 6.06. The second-order valence-corrected chi connectivity index (χ2v) is 6.74. The first-order chi connectivity index (χ1) is 9.89. The molecule has 1 heterocycles. The molecule has 3 nitrogen and oxygen atoms in total. The van der Waals surface area contributed by atoms with Gasteiger partial charge in [-0.05, 0) is 25.3 Å². The molecule has 0 bridgehead atoms. The van der Waals surface area contributed by atoms with Gasteiger partial charge in [-0.3, -0.25) is 0 Å². The van der Waals surface area contributed by atoms with Crippen molar-refractivity contribution in [3.05, 3.63) is 35.9 Å². The number of rotatable bonds is 5. The lowest BCUT2D eigenvalue weighted by atomic mass is 9.88. The summed E-state index contributed by atoms with van der Waals surface area (Å²) >= 11 is 0. The Labute approximate surface area is 128 Å². The SMILES string of the molecule is CC(C)[C@H]1OC(C)(C)O[C@H](COCc2ccccc2)[C@@H]1C. The van der Waals surface area contributed by atoms with E-state index in [0.29, 0.717) is 25.0 Å². The highest BCUT2D eigenvalue weighted by Gasteiger charge is 2.42. The molecule has 0 spiro atoms. The average Bonchev–Trinajstić information content (AvgIpc) is 2.43. The predicted molar refractivity (Wildman–Crippen MR) is 83.9 cm³/mol. The van der Waals surface area contributed by atoms with Crippen LogP contribution in [-0.4, -0.2) is 24.6 Å². The molecule has 2 rings (SSSR count). The van der Waals surface area contributed by atoms with E-state index in [1.165, 1.54) is 5.56 Å². The van der Waals surface area contributed by atoms with Crippen molar-refractivity contribution in [1.82, 2.24) is 0 Å². The molecule has 0 aliphatic carbocycles. The predicted octanol–water partition coefficient (Wildman–Crippen LogP) is 4.02. The standard InChI is InChI=1S/C18H28O3/c1-13(2)17-14(3)16(20-18(4,5)21-17)12-19-11-15-9-7-6-8-10-15/h6-10,13-14,16-17H,11-12H2,1-5H3/t14-,16+,17+/m0/s1. The van der Waals surface area contributed by atoms with Gasteiger partial charge in [0, 0.05) is 5.92 Å². The fourth-order valence-corrected chi connectivity index (χ4v) is 2.94. The summed E-state index contributed by atoms with van der Waals surface area (Å²) in [4.78, 5) is 0. The van der Waals surface area contributed by atoms with Crippen molar-refractivity contribution in [2.45, 2.75) is 59.2 Å². The zero-order valence-corrected chi connectivity index (χ0v) is 13.8. The molecule has 3 heteroatoms. The minimum Gasteiger partial charge on any atom is -0.374 e. The molecule has 0 unspecified atom stereocenters. The van der Waals surface area contributed by atoms with E-state index < -0.39 is 5.79 Å². The van der Waals surface area contributed by atoms with Gasteiger partial charge in [-0.25, -0.2) is 0 Å². The normalized spacial score (nSPS) is 28.8. The molecule has 3 atom stereocenters. The summed E-state index contributed by atoms with van der Waals surface area (Å²) < 4.78 is 18.0. The molecule has 1 aliphatic rings. The van der Waals surface area contributed by atoms with Gasteiger partial charge < -0.3 is 14.2 Å². The number of ether oxygens (including phenoxy) is 3. The van der Waals surface area contributed by atoms with Crippen molar-refractivity contribution in [3.8, 4) is 0 Å². The molecule has 21 heavy (non-hydrogen) atoms. The Morgan fingerprint density at radius 2 is 1.81 bits per heavy atom. The van der Waals surface area contributed by atoms with Gasteiger partial charge in [0.1, 0.15) is 0 Å². The largest absolute Gasteiger partial charge is 0.374 e. The molecular weight excluding hydrogens is 264 g/mol. The van der Waals surface area contributed by atoms with Crippen LogP contribution in [0.25, 0.3) is 0 Å². The van der Waals surface area contributed by atoms with Gasteiger partial charge in [0.05, 0.1) is 25.4 Å². The van der Waals surface area contributed by atoms with Crippen LogP contribution in [0.3, 0.4) is 0 Å². The molecule has 0 aromatic heterocycles. The molecule has 1 fully saturated rings. The van der Waals surface area contributed by atoms with E-state index in [1.807, 2.05) is 32.0 Å². The van der Waals surface area contributed by atoms with Crippen LogP contribution in [0.1, 0.15) is 40.2 Å². The Morgan fingerprint density at radius 1 is 1.14 bits per heavy atom. The van der Waals surface area contributed by atoms with Crippen molar-refractivity contribution in [2.24, 2.45) is 11.8 Å². The summed E-state index contributed by atoms with van der Waals surface area (Å²) in [6.07, 6.45) is 0.281. The Hall–Kier alpha value is -0.900. The number of hydrogen-bond acceptors (Lipinski definition) is 3. The molecule has 1 saturated heterocycles. The van der Waals surface area contributed by atoms with Crippen molar-refractivity contribution < 1.29 is 14.2 Å². The van der Waals surface area contributed by atoms with Crippen LogP contribution in [0.4, 0.5) is 0 Å². The van der Waals surface area contributed by atoms with E-state index in [2.05, 4.69) is 32.9 Å². The monoisotopic (exact) mass is 292 g/mol.